The van der Waals surface area contributed by atoms with Crippen molar-refractivity contribution in [3.63, 3.8) is 0 Å². The third-order valence-corrected chi connectivity index (χ3v) is 4.15. The van der Waals surface area contributed by atoms with Crippen LogP contribution in [-0.2, 0) is 12.0 Å². The minimum absolute atomic E-state index is 0.345. The molecular formula is C12H14BrN. The third-order valence-electron chi connectivity index (χ3n) is 3.65. The fourth-order valence-corrected chi connectivity index (χ4v) is 3.16. The Bertz CT molecular complexity index is 369. The molecule has 1 atom stereocenters. The number of benzene rings is 1. The predicted octanol–water partition coefficient (Wildman–Crippen LogP) is 2.97. The Balaban J connectivity index is 2.12. The van der Waals surface area contributed by atoms with E-state index in [0.29, 0.717) is 5.54 Å². The Morgan fingerprint density at radius 2 is 2.14 bits per heavy atom. The molecule has 2 heteroatoms. The molecule has 1 nitrogen and oxygen atoms in total. The maximum Gasteiger partial charge on any atom is 0.0450 e. The number of fused-ring (bicyclic) bond motifs is 2. The number of hydrogen-bond acceptors (Lipinski definition) is 1. The van der Waals surface area contributed by atoms with E-state index in [1.54, 1.807) is 11.1 Å². The molecule has 3 rings (SSSR count). The smallest absolute Gasteiger partial charge is 0.0450 e. The van der Waals surface area contributed by atoms with Crippen molar-refractivity contribution in [1.82, 2.24) is 5.32 Å². The quantitative estimate of drug-likeness (QED) is 0.748. The standard InChI is InChI=1S/C12H14BrN/c13-10-4-3-9-2-1-5-12(6-7-14-12)11(9)8-10/h3-4,8,14H,1-2,5-7H2/t12-/m1/s1. The van der Waals surface area contributed by atoms with Gasteiger partial charge >= 0.3 is 0 Å². The first-order chi connectivity index (χ1) is 6.80. The minimum atomic E-state index is 0.345. The summed E-state index contributed by atoms with van der Waals surface area (Å²) < 4.78 is 1.21. The molecule has 1 saturated heterocycles. The average molecular weight is 252 g/mol. The van der Waals surface area contributed by atoms with Crippen LogP contribution in [-0.4, -0.2) is 6.54 Å². The fraction of sp³-hybridized carbons (Fsp3) is 0.500. The zero-order valence-corrected chi connectivity index (χ0v) is 9.73. The Kier molecular flexibility index (Phi) is 1.96. The van der Waals surface area contributed by atoms with E-state index in [9.17, 15) is 0 Å². The summed E-state index contributed by atoms with van der Waals surface area (Å²) >= 11 is 3.57. The van der Waals surface area contributed by atoms with E-state index < -0.39 is 0 Å². The Hall–Kier alpha value is -0.340. The molecule has 14 heavy (non-hydrogen) atoms. The maximum atomic E-state index is 3.62. The molecule has 0 bridgehead atoms. The van der Waals surface area contributed by atoms with Gasteiger partial charge in [-0.15, -0.1) is 0 Å². The van der Waals surface area contributed by atoms with Crippen LogP contribution >= 0.6 is 15.9 Å². The van der Waals surface area contributed by atoms with Crippen LogP contribution < -0.4 is 5.32 Å². The van der Waals surface area contributed by atoms with Crippen molar-refractivity contribution in [3.8, 4) is 0 Å². The van der Waals surface area contributed by atoms with Gasteiger partial charge in [0.05, 0.1) is 0 Å². The van der Waals surface area contributed by atoms with Crippen molar-refractivity contribution in [1.29, 1.82) is 0 Å². The molecule has 1 aliphatic heterocycles. The second kappa shape index (κ2) is 3.07. The molecule has 1 N–H and O–H groups in total. The topological polar surface area (TPSA) is 12.0 Å². The van der Waals surface area contributed by atoms with Gasteiger partial charge in [-0.25, -0.2) is 0 Å². The largest absolute Gasteiger partial charge is 0.307 e. The van der Waals surface area contributed by atoms with E-state index in [2.05, 4.69) is 39.4 Å². The number of rotatable bonds is 0. The zero-order chi connectivity index (χ0) is 9.60. The maximum absolute atomic E-state index is 3.62. The van der Waals surface area contributed by atoms with Crippen LogP contribution in [0.3, 0.4) is 0 Å². The molecule has 0 amide bonds. The monoisotopic (exact) mass is 251 g/mol. The molecule has 1 heterocycles. The molecule has 1 aromatic rings. The summed E-state index contributed by atoms with van der Waals surface area (Å²) in [4.78, 5) is 0. The lowest BCUT2D eigenvalue weighted by atomic mass is 9.71. The molecule has 2 aliphatic rings. The van der Waals surface area contributed by atoms with E-state index in [-0.39, 0.29) is 0 Å². The van der Waals surface area contributed by atoms with E-state index in [1.165, 1.54) is 36.7 Å². The number of halogens is 1. The number of hydrogen-bond donors (Lipinski definition) is 1. The molecule has 0 saturated carbocycles. The first-order valence-electron chi connectivity index (χ1n) is 5.34. The van der Waals surface area contributed by atoms with Gasteiger partial charge in [0.15, 0.2) is 0 Å². The predicted molar refractivity (Wildman–Crippen MR) is 61.4 cm³/mol. The molecule has 1 fully saturated rings. The van der Waals surface area contributed by atoms with Crippen molar-refractivity contribution < 1.29 is 0 Å². The Labute approximate surface area is 93.0 Å². The Morgan fingerprint density at radius 3 is 2.86 bits per heavy atom. The van der Waals surface area contributed by atoms with Gasteiger partial charge in [0.1, 0.15) is 0 Å². The second-order valence-electron chi connectivity index (χ2n) is 4.41. The van der Waals surface area contributed by atoms with E-state index in [1.807, 2.05) is 0 Å². The van der Waals surface area contributed by atoms with E-state index >= 15 is 0 Å². The van der Waals surface area contributed by atoms with Crippen molar-refractivity contribution >= 4 is 15.9 Å². The van der Waals surface area contributed by atoms with Crippen LogP contribution in [0.1, 0.15) is 30.4 Å². The number of nitrogens with one attached hydrogen (secondary N) is 1. The van der Waals surface area contributed by atoms with Crippen LogP contribution in [0.15, 0.2) is 22.7 Å². The van der Waals surface area contributed by atoms with Crippen LogP contribution in [0, 0.1) is 0 Å². The first kappa shape index (κ1) is 8.93. The summed E-state index contributed by atoms with van der Waals surface area (Å²) in [6, 6.07) is 6.75. The summed E-state index contributed by atoms with van der Waals surface area (Å²) in [5, 5.41) is 3.62. The van der Waals surface area contributed by atoms with Crippen LogP contribution in [0.2, 0.25) is 0 Å². The van der Waals surface area contributed by atoms with Gasteiger partial charge in [0, 0.05) is 10.0 Å². The molecule has 1 spiro atoms. The zero-order valence-electron chi connectivity index (χ0n) is 8.15. The van der Waals surface area contributed by atoms with Crippen molar-refractivity contribution in [2.45, 2.75) is 31.2 Å². The summed E-state index contributed by atoms with van der Waals surface area (Å²) in [6.45, 7) is 1.19. The third kappa shape index (κ3) is 1.17. The van der Waals surface area contributed by atoms with Gasteiger partial charge in [-0.2, -0.15) is 0 Å². The molecular weight excluding hydrogens is 238 g/mol. The summed E-state index contributed by atoms with van der Waals surface area (Å²) in [6.07, 6.45) is 5.22. The van der Waals surface area contributed by atoms with Gasteiger partial charge in [-0.05, 0) is 55.5 Å². The lowest BCUT2D eigenvalue weighted by Gasteiger charge is -2.47. The van der Waals surface area contributed by atoms with Crippen molar-refractivity contribution in [2.75, 3.05) is 6.54 Å². The molecule has 0 aromatic heterocycles. The van der Waals surface area contributed by atoms with Gasteiger partial charge < -0.3 is 5.32 Å². The summed E-state index contributed by atoms with van der Waals surface area (Å²) in [5.74, 6) is 0. The SMILES string of the molecule is Brc1ccc2c(c1)[C@@]1(CCC2)CCN1. The van der Waals surface area contributed by atoms with E-state index in [0.717, 1.165) is 0 Å². The summed E-state index contributed by atoms with van der Waals surface area (Å²) in [5.41, 5.74) is 3.44. The van der Waals surface area contributed by atoms with Crippen LogP contribution in [0.5, 0.6) is 0 Å². The van der Waals surface area contributed by atoms with Gasteiger partial charge in [0.2, 0.25) is 0 Å². The fourth-order valence-electron chi connectivity index (χ4n) is 2.80. The first-order valence-corrected chi connectivity index (χ1v) is 6.13. The number of aryl methyl sites for hydroxylation is 1. The lowest BCUT2D eigenvalue weighted by molar-refractivity contribution is 0.177. The highest BCUT2D eigenvalue weighted by Crippen LogP contribution is 2.42. The lowest BCUT2D eigenvalue weighted by Crippen LogP contribution is -2.55. The second-order valence-corrected chi connectivity index (χ2v) is 5.33. The normalized spacial score (nSPS) is 29.8. The molecule has 1 aromatic carbocycles. The molecule has 0 radical (unpaired) electrons. The van der Waals surface area contributed by atoms with E-state index in [4.69, 9.17) is 0 Å². The van der Waals surface area contributed by atoms with Crippen molar-refractivity contribution in [2.24, 2.45) is 0 Å². The summed E-state index contributed by atoms with van der Waals surface area (Å²) in [7, 11) is 0. The highest BCUT2D eigenvalue weighted by atomic mass is 79.9. The van der Waals surface area contributed by atoms with Crippen molar-refractivity contribution in [3.05, 3.63) is 33.8 Å². The van der Waals surface area contributed by atoms with Gasteiger partial charge in [-0.3, -0.25) is 0 Å². The molecule has 74 valence electrons. The van der Waals surface area contributed by atoms with Gasteiger partial charge in [0.25, 0.3) is 0 Å². The van der Waals surface area contributed by atoms with Gasteiger partial charge in [-0.1, -0.05) is 22.0 Å². The highest BCUT2D eigenvalue weighted by Gasteiger charge is 2.41. The highest BCUT2D eigenvalue weighted by molar-refractivity contribution is 9.10. The average Bonchev–Trinajstić information content (AvgIpc) is 2.14. The Morgan fingerprint density at radius 1 is 1.29 bits per heavy atom. The molecule has 1 aliphatic carbocycles. The van der Waals surface area contributed by atoms with Crippen LogP contribution in [0.25, 0.3) is 0 Å². The minimum Gasteiger partial charge on any atom is -0.307 e. The van der Waals surface area contributed by atoms with Crippen LogP contribution in [0.4, 0.5) is 0 Å². The molecule has 0 unspecified atom stereocenters.